The molecule has 2 rings (SSSR count). The second-order valence-corrected chi connectivity index (χ2v) is 4.64. The lowest BCUT2D eigenvalue weighted by Crippen LogP contribution is -2.21. The monoisotopic (exact) mass is 264 g/mol. The first-order valence-corrected chi connectivity index (χ1v) is 6.50. The van der Waals surface area contributed by atoms with E-state index in [1.165, 1.54) is 11.9 Å². The maximum absolute atomic E-state index is 5.91. The second-order valence-electron chi connectivity index (χ2n) is 4.21. The molecule has 0 amide bonds. The molecule has 4 nitrogen and oxygen atoms in total. The second kappa shape index (κ2) is 6.52. The van der Waals surface area contributed by atoms with E-state index in [2.05, 4.69) is 39.6 Å². The third kappa shape index (κ3) is 3.55. The number of nitrogens with zero attached hydrogens (tertiary/aromatic N) is 2. The van der Waals surface area contributed by atoms with Crippen LogP contribution in [0.25, 0.3) is 0 Å². The molecule has 2 aromatic rings. The van der Waals surface area contributed by atoms with E-state index in [1.807, 2.05) is 12.1 Å². The molecule has 2 N–H and O–H groups in total. The summed E-state index contributed by atoms with van der Waals surface area (Å²) in [6.45, 7) is 2.87. The smallest absolute Gasteiger partial charge is 0.138 e. The minimum absolute atomic E-state index is 0.317. The highest BCUT2D eigenvalue weighted by atomic mass is 35.5. The molecule has 1 heterocycles. The Morgan fingerprint density at radius 3 is 2.72 bits per heavy atom. The Labute approximate surface area is 112 Å². The van der Waals surface area contributed by atoms with Crippen LogP contribution in [0.3, 0.4) is 0 Å². The number of H-pyrrole nitrogens is 1. The lowest BCUT2D eigenvalue weighted by molar-refractivity contribution is 0.485. The quantitative estimate of drug-likeness (QED) is 0.843. The van der Waals surface area contributed by atoms with Gasteiger partial charge in [0, 0.05) is 11.1 Å². The van der Waals surface area contributed by atoms with Crippen molar-refractivity contribution < 1.29 is 0 Å². The first kappa shape index (κ1) is 13.1. The molecule has 0 aliphatic rings. The van der Waals surface area contributed by atoms with Gasteiger partial charge in [0.05, 0.1) is 6.54 Å². The average molecular weight is 265 g/mol. The van der Waals surface area contributed by atoms with E-state index in [1.54, 1.807) is 0 Å². The predicted octanol–water partition coefficient (Wildman–Crippen LogP) is 3.09. The molecule has 1 aromatic carbocycles. The number of hydrogen-bond donors (Lipinski definition) is 2. The van der Waals surface area contributed by atoms with Crippen molar-refractivity contribution in [3.8, 4) is 0 Å². The van der Waals surface area contributed by atoms with Crippen LogP contribution in [0.15, 0.2) is 30.6 Å². The zero-order valence-electron chi connectivity index (χ0n) is 10.4. The van der Waals surface area contributed by atoms with Gasteiger partial charge in [0.15, 0.2) is 0 Å². The summed E-state index contributed by atoms with van der Waals surface area (Å²) < 4.78 is 0. The fraction of sp³-hybridized carbons (Fsp3) is 0.385. The number of aromatic nitrogens is 3. The molecule has 1 aromatic heterocycles. The highest BCUT2D eigenvalue weighted by molar-refractivity contribution is 6.30. The summed E-state index contributed by atoms with van der Waals surface area (Å²) in [7, 11) is 0. The van der Waals surface area contributed by atoms with Gasteiger partial charge < -0.3 is 5.32 Å². The molecule has 0 fully saturated rings. The molecule has 0 bridgehead atoms. The Bertz CT molecular complexity index is 452. The minimum atomic E-state index is 0.317. The highest BCUT2D eigenvalue weighted by Gasteiger charge is 2.10. The van der Waals surface area contributed by atoms with Crippen molar-refractivity contribution in [3.63, 3.8) is 0 Å². The van der Waals surface area contributed by atoms with E-state index in [-0.39, 0.29) is 0 Å². The summed E-state index contributed by atoms with van der Waals surface area (Å²) in [5.74, 6) is 0.852. The van der Waals surface area contributed by atoms with Crippen molar-refractivity contribution in [1.29, 1.82) is 0 Å². The number of rotatable bonds is 6. The summed E-state index contributed by atoms with van der Waals surface area (Å²) >= 11 is 5.91. The third-order valence-electron chi connectivity index (χ3n) is 2.83. The van der Waals surface area contributed by atoms with Crippen LogP contribution in [0, 0.1) is 0 Å². The van der Waals surface area contributed by atoms with Crippen LogP contribution in [-0.4, -0.2) is 15.2 Å². The Morgan fingerprint density at radius 2 is 2.11 bits per heavy atom. The Hall–Kier alpha value is -1.39. The number of hydrogen-bond acceptors (Lipinski definition) is 3. The molecule has 0 radical (unpaired) electrons. The van der Waals surface area contributed by atoms with Crippen LogP contribution in [0.4, 0.5) is 0 Å². The van der Waals surface area contributed by atoms with E-state index in [0.717, 1.165) is 23.7 Å². The normalized spacial score (nSPS) is 12.6. The van der Waals surface area contributed by atoms with E-state index < -0.39 is 0 Å². The van der Waals surface area contributed by atoms with Crippen LogP contribution in [0.5, 0.6) is 0 Å². The van der Waals surface area contributed by atoms with Crippen molar-refractivity contribution in [3.05, 3.63) is 47.0 Å². The molecule has 0 aliphatic heterocycles. The van der Waals surface area contributed by atoms with Gasteiger partial charge in [-0.1, -0.05) is 37.1 Å². The van der Waals surface area contributed by atoms with Gasteiger partial charge in [0.2, 0.25) is 0 Å². The first-order chi connectivity index (χ1) is 8.79. The van der Waals surface area contributed by atoms with E-state index in [0.29, 0.717) is 12.6 Å². The third-order valence-corrected chi connectivity index (χ3v) is 3.08. The Morgan fingerprint density at radius 1 is 1.33 bits per heavy atom. The van der Waals surface area contributed by atoms with Crippen LogP contribution in [0.1, 0.15) is 37.2 Å². The largest absolute Gasteiger partial charge is 0.303 e. The molecule has 1 unspecified atom stereocenters. The van der Waals surface area contributed by atoms with E-state index >= 15 is 0 Å². The molecule has 96 valence electrons. The van der Waals surface area contributed by atoms with Crippen LogP contribution < -0.4 is 5.32 Å². The standard InChI is InChI=1S/C13H17ClN4/c1-2-3-12(10-4-6-11(14)7-5-10)15-8-13-16-9-17-18-13/h4-7,9,12,15H,2-3,8H2,1H3,(H,16,17,18). The summed E-state index contributed by atoms with van der Waals surface area (Å²) in [6, 6.07) is 8.30. The maximum Gasteiger partial charge on any atom is 0.138 e. The highest BCUT2D eigenvalue weighted by Crippen LogP contribution is 2.20. The van der Waals surface area contributed by atoms with Gasteiger partial charge in [-0.25, -0.2) is 4.98 Å². The number of aromatic amines is 1. The minimum Gasteiger partial charge on any atom is -0.303 e. The number of nitrogens with one attached hydrogen (secondary N) is 2. The van der Waals surface area contributed by atoms with Gasteiger partial charge >= 0.3 is 0 Å². The van der Waals surface area contributed by atoms with E-state index in [4.69, 9.17) is 11.6 Å². The van der Waals surface area contributed by atoms with Gasteiger partial charge in [-0.05, 0) is 24.1 Å². The summed E-state index contributed by atoms with van der Waals surface area (Å²) in [4.78, 5) is 4.11. The van der Waals surface area contributed by atoms with Crippen LogP contribution in [-0.2, 0) is 6.54 Å². The predicted molar refractivity (Wildman–Crippen MR) is 72.3 cm³/mol. The summed E-state index contributed by atoms with van der Waals surface area (Å²) in [6.07, 6.45) is 3.72. The molecule has 0 spiro atoms. The van der Waals surface area contributed by atoms with Crippen molar-refractivity contribution in [2.75, 3.05) is 0 Å². The molecule has 0 saturated heterocycles. The zero-order chi connectivity index (χ0) is 12.8. The Balaban J connectivity index is 2.01. The van der Waals surface area contributed by atoms with Crippen molar-refractivity contribution >= 4 is 11.6 Å². The zero-order valence-corrected chi connectivity index (χ0v) is 11.1. The fourth-order valence-electron chi connectivity index (χ4n) is 1.91. The molecular formula is C13H17ClN4. The Kier molecular flexibility index (Phi) is 4.73. The van der Waals surface area contributed by atoms with Crippen molar-refractivity contribution in [2.24, 2.45) is 0 Å². The molecule has 5 heteroatoms. The van der Waals surface area contributed by atoms with Gasteiger partial charge in [0.25, 0.3) is 0 Å². The first-order valence-electron chi connectivity index (χ1n) is 6.12. The SMILES string of the molecule is CCCC(NCc1ncn[nH]1)c1ccc(Cl)cc1. The molecule has 18 heavy (non-hydrogen) atoms. The summed E-state index contributed by atoms with van der Waals surface area (Å²) in [5.41, 5.74) is 1.25. The van der Waals surface area contributed by atoms with Gasteiger partial charge in [-0.2, -0.15) is 5.10 Å². The maximum atomic E-state index is 5.91. The lowest BCUT2D eigenvalue weighted by Gasteiger charge is -2.18. The van der Waals surface area contributed by atoms with Crippen molar-refractivity contribution in [2.45, 2.75) is 32.4 Å². The average Bonchev–Trinajstić information content (AvgIpc) is 2.89. The lowest BCUT2D eigenvalue weighted by atomic mass is 10.0. The molecule has 0 aliphatic carbocycles. The molecule has 1 atom stereocenters. The molecule has 0 saturated carbocycles. The fourth-order valence-corrected chi connectivity index (χ4v) is 2.03. The summed E-state index contributed by atoms with van der Waals surface area (Å²) in [5, 5.41) is 10.9. The molecular weight excluding hydrogens is 248 g/mol. The van der Waals surface area contributed by atoms with Crippen LogP contribution in [0.2, 0.25) is 5.02 Å². The van der Waals surface area contributed by atoms with Gasteiger partial charge in [-0.3, -0.25) is 5.10 Å². The van der Waals surface area contributed by atoms with Crippen LogP contribution >= 0.6 is 11.6 Å². The van der Waals surface area contributed by atoms with Gasteiger partial charge in [-0.15, -0.1) is 0 Å². The number of benzene rings is 1. The topological polar surface area (TPSA) is 53.6 Å². The van der Waals surface area contributed by atoms with E-state index in [9.17, 15) is 0 Å². The van der Waals surface area contributed by atoms with Gasteiger partial charge in [0.1, 0.15) is 12.2 Å². The van der Waals surface area contributed by atoms with Crippen molar-refractivity contribution in [1.82, 2.24) is 20.5 Å². The number of halogens is 1.